The van der Waals surface area contributed by atoms with Crippen LogP contribution in [0.15, 0.2) is 218 Å². The molecule has 1 N–H and O–H groups in total. The van der Waals surface area contributed by atoms with Gasteiger partial charge in [-0.05, 0) is 118 Å². The molecule has 0 bridgehead atoms. The quantitative estimate of drug-likeness (QED) is 0.173. The highest BCUT2D eigenvalue weighted by atomic mass is 14.9. The molecule has 10 aromatic carbocycles. The van der Waals surface area contributed by atoms with E-state index in [1.165, 1.54) is 99.4 Å². The van der Waals surface area contributed by atoms with Gasteiger partial charge in [0.1, 0.15) is 0 Å². The van der Waals surface area contributed by atoms with Crippen molar-refractivity contribution in [3.05, 3.63) is 218 Å². The number of anilines is 2. The van der Waals surface area contributed by atoms with Crippen LogP contribution in [0.2, 0.25) is 0 Å². The second-order valence-corrected chi connectivity index (χ2v) is 14.9. The number of hydrogen-bond donors (Lipinski definition) is 1. The van der Waals surface area contributed by atoms with Crippen molar-refractivity contribution in [3.63, 3.8) is 0 Å². The van der Waals surface area contributed by atoms with Gasteiger partial charge in [0.15, 0.2) is 0 Å². The molecule has 0 fully saturated rings. The monoisotopic (exact) mass is 723 g/mol. The minimum atomic E-state index is 1.07. The lowest BCUT2D eigenvalue weighted by atomic mass is 9.82. The van der Waals surface area contributed by atoms with Gasteiger partial charge >= 0.3 is 0 Å². The summed E-state index contributed by atoms with van der Waals surface area (Å²) in [4.78, 5) is 0. The topological polar surface area (TPSA) is 12.0 Å². The first kappa shape index (κ1) is 32.9. The van der Waals surface area contributed by atoms with Gasteiger partial charge in [0.25, 0.3) is 0 Å². The van der Waals surface area contributed by atoms with Gasteiger partial charge in [0.2, 0.25) is 0 Å². The van der Waals surface area contributed by atoms with Crippen molar-refractivity contribution >= 4 is 32.9 Å². The van der Waals surface area contributed by atoms with Crippen molar-refractivity contribution in [2.45, 2.75) is 0 Å². The van der Waals surface area contributed by atoms with Crippen molar-refractivity contribution in [1.82, 2.24) is 0 Å². The Morgan fingerprint density at radius 3 is 1.32 bits per heavy atom. The van der Waals surface area contributed by atoms with Gasteiger partial charge in [0.05, 0.1) is 0 Å². The van der Waals surface area contributed by atoms with Crippen LogP contribution < -0.4 is 5.32 Å². The average molecular weight is 724 g/mol. The molecule has 0 atom stereocenters. The molecule has 0 radical (unpaired) electrons. The number of hydrogen-bond acceptors (Lipinski definition) is 1. The Kier molecular flexibility index (Phi) is 7.89. The lowest BCUT2D eigenvalue weighted by molar-refractivity contribution is 1.52. The first-order chi connectivity index (χ1) is 28.3. The van der Waals surface area contributed by atoms with Gasteiger partial charge in [-0.2, -0.15) is 0 Å². The van der Waals surface area contributed by atoms with Crippen molar-refractivity contribution in [3.8, 4) is 77.9 Å². The second-order valence-electron chi connectivity index (χ2n) is 14.9. The highest BCUT2D eigenvalue weighted by Gasteiger charge is 2.31. The van der Waals surface area contributed by atoms with Gasteiger partial charge in [-0.25, -0.2) is 0 Å². The van der Waals surface area contributed by atoms with Crippen LogP contribution in [-0.2, 0) is 0 Å². The summed E-state index contributed by atoms with van der Waals surface area (Å²) >= 11 is 0. The van der Waals surface area contributed by atoms with E-state index >= 15 is 0 Å². The van der Waals surface area contributed by atoms with Crippen LogP contribution in [0.3, 0.4) is 0 Å². The fraction of sp³-hybridized carbons (Fsp3) is 0. The van der Waals surface area contributed by atoms with E-state index in [0.29, 0.717) is 0 Å². The highest BCUT2D eigenvalue weighted by molar-refractivity contribution is 6.28. The molecule has 10 aromatic rings. The van der Waals surface area contributed by atoms with Crippen LogP contribution >= 0.6 is 0 Å². The fourth-order valence-electron chi connectivity index (χ4n) is 9.07. The molecule has 0 heterocycles. The van der Waals surface area contributed by atoms with Gasteiger partial charge in [-0.3, -0.25) is 0 Å². The summed E-state index contributed by atoms with van der Waals surface area (Å²) in [6.45, 7) is 0. The number of benzene rings is 10. The van der Waals surface area contributed by atoms with Gasteiger partial charge < -0.3 is 5.32 Å². The molecule has 1 aliphatic carbocycles. The zero-order valence-electron chi connectivity index (χ0n) is 31.3. The van der Waals surface area contributed by atoms with E-state index in [1.54, 1.807) is 0 Å². The van der Waals surface area contributed by atoms with Gasteiger partial charge in [-0.1, -0.05) is 194 Å². The van der Waals surface area contributed by atoms with Crippen molar-refractivity contribution in [2.75, 3.05) is 5.32 Å². The molecule has 57 heavy (non-hydrogen) atoms. The van der Waals surface area contributed by atoms with E-state index in [9.17, 15) is 0 Å². The first-order valence-corrected chi connectivity index (χ1v) is 19.7. The van der Waals surface area contributed by atoms with Crippen LogP contribution in [0.4, 0.5) is 11.4 Å². The van der Waals surface area contributed by atoms with E-state index in [4.69, 9.17) is 0 Å². The molecule has 0 saturated carbocycles. The zero-order valence-corrected chi connectivity index (χ0v) is 31.3. The molecule has 0 unspecified atom stereocenters. The molecule has 0 aromatic heterocycles. The molecule has 11 rings (SSSR count). The summed E-state index contributed by atoms with van der Waals surface area (Å²) < 4.78 is 0. The predicted octanol–water partition coefficient (Wildman–Crippen LogP) is 15.7. The summed E-state index contributed by atoms with van der Waals surface area (Å²) in [7, 11) is 0. The summed E-state index contributed by atoms with van der Waals surface area (Å²) in [5.41, 5.74) is 19.7. The Labute approximate surface area is 333 Å². The molecule has 0 saturated heterocycles. The summed E-state index contributed by atoms with van der Waals surface area (Å²) in [6.07, 6.45) is 0. The Balaban J connectivity index is 1.05. The Bertz CT molecular complexity index is 3000. The summed E-state index contributed by atoms with van der Waals surface area (Å²) in [5.74, 6) is 0. The van der Waals surface area contributed by atoms with Gasteiger partial charge in [0, 0.05) is 16.9 Å². The zero-order chi connectivity index (χ0) is 37.7. The third kappa shape index (κ3) is 5.55. The normalized spacial score (nSPS) is 11.5. The van der Waals surface area contributed by atoms with Crippen molar-refractivity contribution in [2.24, 2.45) is 0 Å². The van der Waals surface area contributed by atoms with Crippen LogP contribution in [0.25, 0.3) is 99.4 Å². The molecule has 1 aliphatic rings. The Morgan fingerprint density at radius 2 is 0.702 bits per heavy atom. The van der Waals surface area contributed by atoms with E-state index in [0.717, 1.165) is 11.4 Å². The lowest BCUT2D eigenvalue weighted by Gasteiger charge is -2.20. The minimum absolute atomic E-state index is 1.07. The third-order valence-electron chi connectivity index (χ3n) is 11.6. The minimum Gasteiger partial charge on any atom is -0.355 e. The number of para-hydroxylation sites is 1. The molecular formula is C56H37N. The molecule has 0 amide bonds. The predicted molar refractivity (Wildman–Crippen MR) is 243 cm³/mol. The smallest absolute Gasteiger partial charge is 0.0464 e. The van der Waals surface area contributed by atoms with Crippen LogP contribution in [0.1, 0.15) is 0 Å². The maximum absolute atomic E-state index is 3.65. The van der Waals surface area contributed by atoms with Crippen LogP contribution in [0, 0.1) is 0 Å². The van der Waals surface area contributed by atoms with Crippen molar-refractivity contribution < 1.29 is 0 Å². The standard InChI is InChI=1S/C56H37N/c1-5-16-38(17-6-1)50-36-42(32-35-51(50)57-43-22-11-4-12-23-43)37-28-30-39(31-29-37)44-33-34-49-54-45(44)26-15-27-48(54)55-52(40-18-7-2-8-19-40)46-24-13-14-25-47(46)53(56(49)55)41-20-9-3-10-21-41/h1-36,57H. The SMILES string of the molecule is c1ccc(Nc2ccc(-c3ccc(-c4ccc5c6c(cccc46)-c4c-5c(-c5ccccc5)c5ccccc5c4-c4ccccc4)cc3)cc2-c2ccccc2)cc1. The van der Waals surface area contributed by atoms with Crippen LogP contribution in [0.5, 0.6) is 0 Å². The van der Waals surface area contributed by atoms with E-state index in [2.05, 4.69) is 218 Å². The first-order valence-electron chi connectivity index (χ1n) is 19.7. The largest absolute Gasteiger partial charge is 0.355 e. The number of fused-ring (bicyclic) bond motifs is 4. The Morgan fingerprint density at radius 1 is 0.246 bits per heavy atom. The third-order valence-corrected chi connectivity index (χ3v) is 11.6. The van der Waals surface area contributed by atoms with E-state index < -0.39 is 0 Å². The van der Waals surface area contributed by atoms with E-state index in [1.807, 2.05) is 6.07 Å². The average Bonchev–Trinajstić information content (AvgIpc) is 3.61. The maximum atomic E-state index is 3.65. The number of nitrogens with one attached hydrogen (secondary N) is 1. The molecule has 1 nitrogen and oxygen atoms in total. The number of rotatable bonds is 7. The molecule has 266 valence electrons. The fourth-order valence-corrected chi connectivity index (χ4v) is 9.07. The van der Waals surface area contributed by atoms with Crippen molar-refractivity contribution in [1.29, 1.82) is 0 Å². The highest BCUT2D eigenvalue weighted by Crippen LogP contribution is 2.58. The summed E-state index contributed by atoms with van der Waals surface area (Å²) in [6, 6.07) is 79.4. The molecule has 0 aliphatic heterocycles. The molecular weight excluding hydrogens is 687 g/mol. The molecule has 1 heteroatoms. The van der Waals surface area contributed by atoms with E-state index in [-0.39, 0.29) is 0 Å². The summed E-state index contributed by atoms with van der Waals surface area (Å²) in [5, 5.41) is 8.81. The van der Waals surface area contributed by atoms with Gasteiger partial charge in [-0.15, -0.1) is 0 Å². The Hall–Kier alpha value is -7.48. The second kappa shape index (κ2) is 13.7. The van der Waals surface area contributed by atoms with Crippen LogP contribution in [-0.4, -0.2) is 0 Å². The maximum Gasteiger partial charge on any atom is 0.0464 e. The lowest BCUT2D eigenvalue weighted by Crippen LogP contribution is -1.94. The molecule has 0 spiro atoms.